The maximum Gasteiger partial charge on any atom is 0.305 e. The average Bonchev–Trinajstić information content (AvgIpc) is 3.00. The summed E-state index contributed by atoms with van der Waals surface area (Å²) < 4.78 is 12.6. The number of carboxylic acid groups (broad SMARTS) is 1. The maximum absolute atomic E-state index is 12.4. The summed E-state index contributed by atoms with van der Waals surface area (Å²) in [6.45, 7) is 2.82. The van der Waals surface area contributed by atoms with E-state index in [0.29, 0.717) is 36.1 Å². The van der Waals surface area contributed by atoms with E-state index in [1.807, 2.05) is 0 Å². The zero-order valence-electron chi connectivity index (χ0n) is 13.9. The van der Waals surface area contributed by atoms with Crippen LogP contribution in [0.2, 0.25) is 0 Å². The molecule has 9 nitrogen and oxygen atoms in total. The first-order valence-corrected chi connectivity index (χ1v) is 7.77. The highest BCUT2D eigenvalue weighted by atomic mass is 16.6. The summed E-state index contributed by atoms with van der Waals surface area (Å²) in [4.78, 5) is 24.4. The maximum atomic E-state index is 12.4. The summed E-state index contributed by atoms with van der Waals surface area (Å²) in [5, 5.41) is 16.7. The Kier molecular flexibility index (Phi) is 4.55. The van der Waals surface area contributed by atoms with Crippen LogP contribution in [0.4, 0.5) is 0 Å². The second-order valence-corrected chi connectivity index (χ2v) is 5.63. The van der Waals surface area contributed by atoms with Crippen LogP contribution in [0.3, 0.4) is 0 Å². The van der Waals surface area contributed by atoms with E-state index in [1.54, 1.807) is 25.1 Å². The fraction of sp³-hybridized carbons (Fsp3) is 0.375. The zero-order valence-corrected chi connectivity index (χ0v) is 13.9. The molecule has 0 bridgehead atoms. The molecule has 1 aromatic carbocycles. The lowest BCUT2D eigenvalue weighted by Crippen LogP contribution is -2.29. The lowest BCUT2D eigenvalue weighted by molar-refractivity contribution is -0.137. The molecule has 1 N–H and O–H groups in total. The number of nitrogens with zero attached hydrogens (tertiary/aromatic N) is 4. The number of carboxylic acids is 1. The minimum atomic E-state index is -0.962. The largest absolute Gasteiger partial charge is 0.486 e. The molecule has 25 heavy (non-hydrogen) atoms. The van der Waals surface area contributed by atoms with Crippen LogP contribution in [0.15, 0.2) is 18.2 Å². The summed E-state index contributed by atoms with van der Waals surface area (Å²) in [7, 11) is 1.54. The molecule has 1 aliphatic rings. The quantitative estimate of drug-likeness (QED) is 0.857. The summed E-state index contributed by atoms with van der Waals surface area (Å²) >= 11 is 0. The van der Waals surface area contributed by atoms with Crippen molar-refractivity contribution in [2.75, 3.05) is 26.8 Å². The van der Waals surface area contributed by atoms with Crippen LogP contribution >= 0.6 is 0 Å². The first-order chi connectivity index (χ1) is 12.0. The van der Waals surface area contributed by atoms with Crippen molar-refractivity contribution in [3.05, 3.63) is 29.6 Å². The van der Waals surface area contributed by atoms with Gasteiger partial charge in [0.25, 0.3) is 5.91 Å². The molecular weight excluding hydrogens is 328 g/mol. The lowest BCUT2D eigenvalue weighted by Gasteiger charge is -2.19. The van der Waals surface area contributed by atoms with Gasteiger partial charge < -0.3 is 19.5 Å². The zero-order chi connectivity index (χ0) is 18.0. The van der Waals surface area contributed by atoms with Crippen molar-refractivity contribution in [2.45, 2.75) is 13.3 Å². The Labute approximate surface area is 143 Å². The number of fused-ring (bicyclic) bond motifs is 1. The van der Waals surface area contributed by atoms with Crippen molar-refractivity contribution >= 4 is 11.9 Å². The number of aliphatic carboxylic acids is 1. The molecule has 2 heterocycles. The number of amides is 1. The van der Waals surface area contributed by atoms with Gasteiger partial charge in [-0.25, -0.2) is 4.68 Å². The van der Waals surface area contributed by atoms with Crippen LogP contribution in [0.25, 0.3) is 5.69 Å². The second kappa shape index (κ2) is 6.80. The molecule has 0 saturated heterocycles. The Morgan fingerprint density at radius 3 is 2.72 bits per heavy atom. The van der Waals surface area contributed by atoms with Gasteiger partial charge in [-0.3, -0.25) is 9.59 Å². The van der Waals surface area contributed by atoms with Gasteiger partial charge in [-0.1, -0.05) is 5.21 Å². The van der Waals surface area contributed by atoms with Gasteiger partial charge in [-0.15, -0.1) is 5.10 Å². The predicted octanol–water partition coefficient (Wildman–Crippen LogP) is 0.894. The van der Waals surface area contributed by atoms with Crippen molar-refractivity contribution in [3.63, 3.8) is 0 Å². The van der Waals surface area contributed by atoms with Gasteiger partial charge >= 0.3 is 5.97 Å². The number of carbonyl (C=O) groups excluding carboxylic acids is 1. The minimum Gasteiger partial charge on any atom is -0.486 e. The molecule has 0 aliphatic carbocycles. The molecule has 0 spiro atoms. The molecule has 0 radical (unpaired) electrons. The third-order valence-electron chi connectivity index (χ3n) is 3.88. The molecule has 3 rings (SSSR count). The van der Waals surface area contributed by atoms with Crippen LogP contribution < -0.4 is 9.47 Å². The fourth-order valence-corrected chi connectivity index (χ4v) is 2.48. The lowest BCUT2D eigenvalue weighted by atomic mass is 10.2. The van der Waals surface area contributed by atoms with Crippen molar-refractivity contribution in [1.82, 2.24) is 19.9 Å². The third-order valence-corrected chi connectivity index (χ3v) is 3.88. The molecule has 1 amide bonds. The molecule has 9 heteroatoms. The minimum absolute atomic E-state index is 0.102. The summed E-state index contributed by atoms with van der Waals surface area (Å²) in [5.74, 6) is -0.0542. The highest BCUT2D eigenvalue weighted by Crippen LogP contribution is 2.32. The highest BCUT2D eigenvalue weighted by Gasteiger charge is 2.22. The van der Waals surface area contributed by atoms with Crippen LogP contribution in [0.1, 0.15) is 22.6 Å². The smallest absolute Gasteiger partial charge is 0.305 e. The Bertz CT molecular complexity index is 817. The summed E-state index contributed by atoms with van der Waals surface area (Å²) in [5.41, 5.74) is 1.44. The van der Waals surface area contributed by atoms with E-state index in [9.17, 15) is 9.59 Å². The molecule has 1 aromatic heterocycles. The van der Waals surface area contributed by atoms with Gasteiger partial charge in [0.1, 0.15) is 13.2 Å². The molecule has 0 atom stereocenters. The highest BCUT2D eigenvalue weighted by molar-refractivity contribution is 5.93. The topological polar surface area (TPSA) is 107 Å². The summed E-state index contributed by atoms with van der Waals surface area (Å²) in [6.07, 6.45) is -0.127. The van der Waals surface area contributed by atoms with Crippen molar-refractivity contribution in [1.29, 1.82) is 0 Å². The monoisotopic (exact) mass is 346 g/mol. The Balaban J connectivity index is 1.83. The van der Waals surface area contributed by atoms with E-state index in [0.717, 1.165) is 0 Å². The normalized spacial score (nSPS) is 12.7. The van der Waals surface area contributed by atoms with Gasteiger partial charge in [0.2, 0.25) is 0 Å². The van der Waals surface area contributed by atoms with Crippen molar-refractivity contribution in [3.8, 4) is 17.2 Å². The molecule has 0 unspecified atom stereocenters. The number of hydrogen-bond acceptors (Lipinski definition) is 6. The number of ether oxygens (including phenoxy) is 2. The standard InChI is InChI=1S/C16H18N4O5/c1-10-15(16(23)19(2)6-5-14(21)22)17-18-20(10)11-3-4-12-13(9-11)25-8-7-24-12/h3-4,9H,5-8H2,1-2H3,(H,21,22). The van der Waals surface area contributed by atoms with Crippen LogP contribution in [-0.4, -0.2) is 63.7 Å². The number of benzene rings is 1. The van der Waals surface area contributed by atoms with E-state index in [-0.39, 0.29) is 24.6 Å². The van der Waals surface area contributed by atoms with Crippen LogP contribution in [-0.2, 0) is 4.79 Å². The van der Waals surface area contributed by atoms with Crippen molar-refractivity contribution < 1.29 is 24.2 Å². The average molecular weight is 346 g/mol. The molecule has 0 saturated carbocycles. The molecular formula is C16H18N4O5. The van der Waals surface area contributed by atoms with E-state index in [1.165, 1.54) is 16.6 Å². The van der Waals surface area contributed by atoms with Gasteiger partial charge in [0.15, 0.2) is 17.2 Å². The number of hydrogen-bond donors (Lipinski definition) is 1. The van der Waals surface area contributed by atoms with Crippen LogP contribution in [0, 0.1) is 6.92 Å². The molecule has 2 aromatic rings. The Morgan fingerprint density at radius 2 is 2.00 bits per heavy atom. The van der Waals surface area contributed by atoms with E-state index in [2.05, 4.69) is 10.3 Å². The van der Waals surface area contributed by atoms with E-state index >= 15 is 0 Å². The first kappa shape index (κ1) is 16.7. The number of carbonyl (C=O) groups is 2. The van der Waals surface area contributed by atoms with Gasteiger partial charge in [-0.05, 0) is 19.1 Å². The fourth-order valence-electron chi connectivity index (χ4n) is 2.48. The van der Waals surface area contributed by atoms with E-state index in [4.69, 9.17) is 14.6 Å². The van der Waals surface area contributed by atoms with Gasteiger partial charge in [0, 0.05) is 19.7 Å². The Hall–Kier alpha value is -3.10. The third kappa shape index (κ3) is 3.39. The second-order valence-electron chi connectivity index (χ2n) is 5.63. The van der Waals surface area contributed by atoms with Gasteiger partial charge in [-0.2, -0.15) is 0 Å². The number of rotatable bonds is 5. The van der Waals surface area contributed by atoms with Crippen LogP contribution in [0.5, 0.6) is 11.5 Å². The predicted molar refractivity (Wildman–Crippen MR) is 86.3 cm³/mol. The molecule has 0 fully saturated rings. The molecule has 1 aliphatic heterocycles. The number of aromatic nitrogens is 3. The van der Waals surface area contributed by atoms with Gasteiger partial charge in [0.05, 0.1) is 17.8 Å². The SMILES string of the molecule is Cc1c(C(=O)N(C)CCC(=O)O)nnn1-c1ccc2c(c1)OCCO2. The summed E-state index contributed by atoms with van der Waals surface area (Å²) in [6, 6.07) is 5.36. The van der Waals surface area contributed by atoms with Crippen molar-refractivity contribution in [2.24, 2.45) is 0 Å². The molecule has 132 valence electrons. The van der Waals surface area contributed by atoms with E-state index < -0.39 is 5.97 Å². The first-order valence-electron chi connectivity index (χ1n) is 7.77. The Morgan fingerprint density at radius 1 is 1.28 bits per heavy atom.